The topological polar surface area (TPSA) is 49.7 Å². The highest BCUT2D eigenvalue weighted by Crippen LogP contribution is 2.34. The van der Waals surface area contributed by atoms with Crippen LogP contribution in [-0.2, 0) is 6.42 Å². The van der Waals surface area contributed by atoms with E-state index in [1.165, 1.54) is 0 Å². The number of aliphatic hydroxyl groups is 2. The number of benzene rings is 1. The molecule has 0 saturated heterocycles. The molecule has 0 atom stereocenters. The Bertz CT molecular complexity index is 400. The lowest BCUT2D eigenvalue weighted by Gasteiger charge is -2.32. The quantitative estimate of drug-likeness (QED) is 0.810. The van der Waals surface area contributed by atoms with E-state index in [9.17, 15) is 10.2 Å². The van der Waals surface area contributed by atoms with Crippen molar-refractivity contribution in [2.45, 2.75) is 26.7 Å². The molecule has 2 N–H and O–H groups in total. The Morgan fingerprint density at radius 1 is 1.26 bits per heavy atom. The molecule has 0 saturated carbocycles. The maximum atomic E-state index is 9.69. The molecule has 0 aliphatic rings. The van der Waals surface area contributed by atoms with Crippen LogP contribution in [-0.4, -0.2) is 30.5 Å². The second kappa shape index (κ2) is 7.13. The fraction of sp³-hybridized carbons (Fsp3) is 0.600. The van der Waals surface area contributed by atoms with Gasteiger partial charge in [0.1, 0.15) is 5.75 Å². The minimum atomic E-state index is -0.536. The summed E-state index contributed by atoms with van der Waals surface area (Å²) in [5.41, 5.74) is 0.380. The summed E-state index contributed by atoms with van der Waals surface area (Å²) in [7, 11) is 1.61. The first kappa shape index (κ1) is 16.3. The van der Waals surface area contributed by atoms with E-state index in [4.69, 9.17) is 16.3 Å². The third-order valence-electron chi connectivity index (χ3n) is 3.32. The van der Waals surface area contributed by atoms with Crippen LogP contribution < -0.4 is 4.74 Å². The van der Waals surface area contributed by atoms with Gasteiger partial charge in [0, 0.05) is 10.4 Å². The van der Waals surface area contributed by atoms with E-state index in [0.29, 0.717) is 17.4 Å². The van der Waals surface area contributed by atoms with Crippen molar-refractivity contribution in [1.82, 2.24) is 0 Å². The Kier molecular flexibility index (Phi) is 6.11. The molecule has 3 nitrogen and oxygen atoms in total. The van der Waals surface area contributed by atoms with Gasteiger partial charge in [-0.15, -0.1) is 0 Å². The average molecular weight is 287 g/mol. The van der Waals surface area contributed by atoms with Gasteiger partial charge in [-0.05, 0) is 42.5 Å². The van der Waals surface area contributed by atoms with Crippen molar-refractivity contribution >= 4 is 11.6 Å². The number of hydrogen-bond acceptors (Lipinski definition) is 3. The van der Waals surface area contributed by atoms with Crippen LogP contribution in [0.3, 0.4) is 0 Å². The number of halogens is 1. The van der Waals surface area contributed by atoms with Crippen molar-refractivity contribution in [3.8, 4) is 5.75 Å². The summed E-state index contributed by atoms with van der Waals surface area (Å²) in [5, 5.41) is 20.0. The van der Waals surface area contributed by atoms with Crippen LogP contribution in [0.15, 0.2) is 18.2 Å². The Labute approximate surface area is 120 Å². The zero-order chi connectivity index (χ0) is 14.5. The summed E-state index contributed by atoms with van der Waals surface area (Å²) in [6.45, 7) is 4.04. The molecule has 0 aromatic heterocycles. The maximum absolute atomic E-state index is 9.69. The van der Waals surface area contributed by atoms with Crippen LogP contribution in [0, 0.1) is 11.3 Å². The number of rotatable bonds is 7. The number of hydrogen-bond donors (Lipinski definition) is 2. The molecule has 1 aromatic carbocycles. The maximum Gasteiger partial charge on any atom is 0.122 e. The molecular weight excluding hydrogens is 264 g/mol. The summed E-state index contributed by atoms with van der Waals surface area (Å²) < 4.78 is 5.32. The fourth-order valence-electron chi connectivity index (χ4n) is 2.52. The molecule has 0 spiro atoms. The Morgan fingerprint density at radius 2 is 1.89 bits per heavy atom. The predicted octanol–water partition coefficient (Wildman–Crippen LogP) is 2.91. The van der Waals surface area contributed by atoms with E-state index < -0.39 is 5.41 Å². The van der Waals surface area contributed by atoms with Crippen molar-refractivity contribution in [3.05, 3.63) is 28.8 Å². The first-order valence-corrected chi connectivity index (χ1v) is 6.88. The molecule has 0 radical (unpaired) electrons. The third-order valence-corrected chi connectivity index (χ3v) is 3.56. The van der Waals surface area contributed by atoms with Gasteiger partial charge >= 0.3 is 0 Å². The third kappa shape index (κ3) is 4.37. The highest BCUT2D eigenvalue weighted by Gasteiger charge is 2.31. The van der Waals surface area contributed by atoms with Gasteiger partial charge in [0.05, 0.1) is 20.3 Å². The molecule has 0 heterocycles. The molecule has 1 aromatic rings. The first-order valence-electron chi connectivity index (χ1n) is 6.50. The van der Waals surface area contributed by atoms with Crippen molar-refractivity contribution in [1.29, 1.82) is 0 Å². The van der Waals surface area contributed by atoms with Crippen LogP contribution in [0.4, 0.5) is 0 Å². The van der Waals surface area contributed by atoms with E-state index in [0.717, 1.165) is 17.7 Å². The van der Waals surface area contributed by atoms with E-state index in [-0.39, 0.29) is 13.2 Å². The number of methoxy groups -OCH3 is 1. The molecule has 0 aliphatic heterocycles. The fourth-order valence-corrected chi connectivity index (χ4v) is 2.71. The summed E-state index contributed by atoms with van der Waals surface area (Å²) in [5.74, 6) is 1.13. The van der Waals surface area contributed by atoms with Gasteiger partial charge in [-0.2, -0.15) is 0 Å². The van der Waals surface area contributed by atoms with Crippen molar-refractivity contribution < 1.29 is 14.9 Å². The van der Waals surface area contributed by atoms with E-state index in [1.807, 2.05) is 12.1 Å². The van der Waals surface area contributed by atoms with Crippen molar-refractivity contribution in [3.63, 3.8) is 0 Å². The van der Waals surface area contributed by atoms with Gasteiger partial charge in [-0.25, -0.2) is 0 Å². The lowest BCUT2D eigenvalue weighted by atomic mass is 9.76. The summed E-state index contributed by atoms with van der Waals surface area (Å²) in [4.78, 5) is 0. The normalized spacial score (nSPS) is 11.9. The molecule has 0 amide bonds. The van der Waals surface area contributed by atoms with Gasteiger partial charge < -0.3 is 14.9 Å². The largest absolute Gasteiger partial charge is 0.496 e. The summed E-state index contributed by atoms with van der Waals surface area (Å²) in [6.07, 6.45) is 1.29. The first-order chi connectivity index (χ1) is 8.96. The molecular formula is C15H23ClO3. The minimum Gasteiger partial charge on any atom is -0.496 e. The number of ether oxygens (including phenoxy) is 1. The molecule has 0 bridgehead atoms. The van der Waals surface area contributed by atoms with Crippen LogP contribution in [0.25, 0.3) is 0 Å². The zero-order valence-electron chi connectivity index (χ0n) is 11.8. The Balaban J connectivity index is 3.05. The second-order valence-electron chi connectivity index (χ2n) is 5.55. The van der Waals surface area contributed by atoms with Crippen molar-refractivity contribution in [2.24, 2.45) is 11.3 Å². The molecule has 0 aliphatic carbocycles. The standard InChI is InChI=1S/C15H23ClO3/c1-11(2)7-15(9-17,10-18)8-12-6-13(16)4-5-14(12)19-3/h4-6,11,17-18H,7-10H2,1-3H3. The minimum absolute atomic E-state index is 0.0582. The monoisotopic (exact) mass is 286 g/mol. The highest BCUT2D eigenvalue weighted by molar-refractivity contribution is 6.30. The zero-order valence-corrected chi connectivity index (χ0v) is 12.6. The lowest BCUT2D eigenvalue weighted by Crippen LogP contribution is -2.34. The van der Waals surface area contributed by atoms with Gasteiger partial charge in [0.25, 0.3) is 0 Å². The molecule has 19 heavy (non-hydrogen) atoms. The van der Waals surface area contributed by atoms with Crippen molar-refractivity contribution in [2.75, 3.05) is 20.3 Å². The van der Waals surface area contributed by atoms with Gasteiger partial charge in [0.2, 0.25) is 0 Å². The smallest absolute Gasteiger partial charge is 0.122 e. The SMILES string of the molecule is COc1ccc(Cl)cc1CC(CO)(CO)CC(C)C. The molecule has 1 rings (SSSR count). The average Bonchev–Trinajstić information content (AvgIpc) is 2.37. The van der Waals surface area contributed by atoms with Crippen LogP contribution >= 0.6 is 11.6 Å². The van der Waals surface area contributed by atoms with Gasteiger partial charge in [-0.3, -0.25) is 0 Å². The summed E-state index contributed by atoms with van der Waals surface area (Å²) in [6, 6.07) is 5.42. The molecule has 0 unspecified atom stereocenters. The highest BCUT2D eigenvalue weighted by atomic mass is 35.5. The Morgan fingerprint density at radius 3 is 2.37 bits per heavy atom. The van der Waals surface area contributed by atoms with Gasteiger partial charge in [-0.1, -0.05) is 25.4 Å². The molecule has 4 heteroatoms. The van der Waals surface area contributed by atoms with E-state index in [2.05, 4.69) is 13.8 Å². The summed E-state index contributed by atoms with van der Waals surface area (Å²) >= 11 is 6.01. The lowest BCUT2D eigenvalue weighted by molar-refractivity contribution is 0.0365. The van der Waals surface area contributed by atoms with Crippen LogP contribution in [0.2, 0.25) is 5.02 Å². The van der Waals surface area contributed by atoms with Crippen LogP contribution in [0.5, 0.6) is 5.75 Å². The molecule has 108 valence electrons. The van der Waals surface area contributed by atoms with Gasteiger partial charge in [0.15, 0.2) is 0 Å². The Hall–Kier alpha value is -0.770. The number of aliphatic hydroxyl groups excluding tert-OH is 2. The second-order valence-corrected chi connectivity index (χ2v) is 5.98. The predicted molar refractivity (Wildman–Crippen MR) is 77.8 cm³/mol. The van der Waals surface area contributed by atoms with E-state index >= 15 is 0 Å². The van der Waals surface area contributed by atoms with Crippen LogP contribution in [0.1, 0.15) is 25.8 Å². The van der Waals surface area contributed by atoms with E-state index in [1.54, 1.807) is 13.2 Å². The molecule has 0 fully saturated rings.